The number of piperidine rings is 3. The highest BCUT2D eigenvalue weighted by molar-refractivity contribution is 5.85. The van der Waals surface area contributed by atoms with Gasteiger partial charge in [0.1, 0.15) is 6.04 Å². The third-order valence-corrected chi connectivity index (χ3v) is 22.1. The van der Waals surface area contributed by atoms with Crippen molar-refractivity contribution >= 4 is 17.7 Å². The first-order valence-corrected chi connectivity index (χ1v) is 26.8. The van der Waals surface area contributed by atoms with Gasteiger partial charge in [0, 0.05) is 54.9 Å². The zero-order valence-electron chi connectivity index (χ0n) is 39.4. The molecule has 9 unspecified atom stereocenters. The number of carbonyl (C=O) groups is 3. The van der Waals surface area contributed by atoms with Crippen molar-refractivity contribution in [3.05, 3.63) is 0 Å². The first kappa shape index (κ1) is 44.5. The van der Waals surface area contributed by atoms with E-state index in [4.69, 9.17) is 17.2 Å². The quantitative estimate of drug-likeness (QED) is 0.190. The molecule has 0 aromatic heterocycles. The van der Waals surface area contributed by atoms with Crippen LogP contribution in [0.1, 0.15) is 154 Å². The topological polar surface area (TPSA) is 264 Å². The number of aliphatic hydroxyl groups is 5. The number of likely N-dealkylation sites (tertiary alicyclic amines) is 3. The van der Waals surface area contributed by atoms with Gasteiger partial charge in [-0.25, -0.2) is 0 Å². The van der Waals surface area contributed by atoms with Crippen molar-refractivity contribution in [3.63, 3.8) is 0 Å². The van der Waals surface area contributed by atoms with Gasteiger partial charge >= 0.3 is 0 Å². The molecule has 3 heterocycles. The van der Waals surface area contributed by atoms with Crippen LogP contribution in [0.2, 0.25) is 0 Å². The molecule has 12 bridgehead atoms. The first-order chi connectivity index (χ1) is 31.6. The molecule has 15 heteroatoms. The molecule has 18 rings (SSSR count). The van der Waals surface area contributed by atoms with Crippen LogP contribution in [0.5, 0.6) is 0 Å². The number of fused-ring (bicyclic) bond motifs is 3. The van der Waals surface area contributed by atoms with Crippen molar-refractivity contribution in [2.45, 2.75) is 224 Å². The average Bonchev–Trinajstić information content (AvgIpc) is 4.19. The summed E-state index contributed by atoms with van der Waals surface area (Å²) in [7, 11) is 0. The number of hydrogen-bond acceptors (Lipinski definition) is 12. The van der Waals surface area contributed by atoms with Gasteiger partial charge in [-0.2, -0.15) is 5.26 Å². The Balaban J connectivity index is 0.000000100. The zero-order valence-corrected chi connectivity index (χ0v) is 39.4. The molecule has 3 saturated heterocycles. The number of nitrogens with two attached hydrogens (primary N) is 3. The minimum atomic E-state index is -0.881. The molecule has 0 aromatic carbocycles. The lowest BCUT2D eigenvalue weighted by atomic mass is 9.44. The number of nitrogens with zero attached hydrogens (tertiary/aromatic N) is 4. The van der Waals surface area contributed by atoms with E-state index in [0.717, 1.165) is 102 Å². The second-order valence-electron chi connectivity index (χ2n) is 27.6. The average molecular weight is 928 g/mol. The summed E-state index contributed by atoms with van der Waals surface area (Å²) in [5, 5.41) is 63.7. The molecule has 67 heavy (non-hydrogen) atoms. The number of rotatable bonds is 6. The van der Waals surface area contributed by atoms with Crippen molar-refractivity contribution in [2.24, 2.45) is 74.9 Å². The lowest BCUT2D eigenvalue weighted by Gasteiger charge is -2.64. The predicted molar refractivity (Wildman–Crippen MR) is 242 cm³/mol. The standard InChI is InChI=1S/C18H25N3O3.C17H26N2O3.C17H26N2O2/c19-6-12-1-11-2-13(11)21(12)15(22)14(20)16-3-10-4-17(23,7-16)9-18(24,5-10)8-16;18-13(14(20)19-2-1-11-3-12(11)19)15-4-10-5-16(21,7-15)9-17(22,6-10)8-15;18-14(15(20)19-2-1-12-4-13(12)19)16-5-10-3-11(6-16)8-17(21,7-10)9-16/h10-14,23-24H,1-5,7-9,20H2;10-13,21-22H,1-9,18H2;10-14,21H,1-9,18H2/t10?,11-,12+,13?,14-,16?,17?,18?;10?,11-,12?,13-,15?,16?,17?;10?,11?,12-,13?,14-,16?,17?/m111/s1. The Morgan fingerprint density at radius 2 is 0.851 bits per heavy atom. The Hall–Kier alpha value is -2.42. The Bertz CT molecular complexity index is 2130. The van der Waals surface area contributed by atoms with Crippen LogP contribution < -0.4 is 17.2 Å². The van der Waals surface area contributed by atoms with E-state index in [2.05, 4.69) is 11.0 Å². The van der Waals surface area contributed by atoms with Crippen molar-refractivity contribution in [3.8, 4) is 6.07 Å². The molecule has 18 fully saturated rings. The summed E-state index contributed by atoms with van der Waals surface area (Å²) < 4.78 is 0. The van der Waals surface area contributed by atoms with E-state index in [-0.39, 0.29) is 47.2 Å². The molecule has 3 aliphatic heterocycles. The smallest absolute Gasteiger partial charge is 0.241 e. The molecule has 15 aliphatic carbocycles. The van der Waals surface area contributed by atoms with Crippen molar-refractivity contribution in [2.75, 3.05) is 13.1 Å². The van der Waals surface area contributed by atoms with Crippen LogP contribution in [0.25, 0.3) is 0 Å². The Morgan fingerprint density at radius 3 is 1.24 bits per heavy atom. The first-order valence-electron chi connectivity index (χ1n) is 26.8. The van der Waals surface area contributed by atoms with Gasteiger partial charge in [0.15, 0.2) is 0 Å². The summed E-state index contributed by atoms with van der Waals surface area (Å²) in [5.74, 6) is 3.82. The lowest BCUT2D eigenvalue weighted by Crippen LogP contribution is -2.69. The fraction of sp³-hybridized carbons (Fsp3) is 0.923. The predicted octanol–water partition coefficient (Wildman–Crippen LogP) is 1.92. The van der Waals surface area contributed by atoms with E-state index in [1.54, 1.807) is 4.90 Å². The van der Waals surface area contributed by atoms with Crippen molar-refractivity contribution < 1.29 is 39.9 Å². The number of hydrogen-bond donors (Lipinski definition) is 8. The summed E-state index contributed by atoms with van der Waals surface area (Å²) in [5.41, 5.74) is 14.6. The molecule has 18 aliphatic rings. The molecular weight excluding hydrogens is 851 g/mol. The molecule has 0 spiro atoms. The summed E-state index contributed by atoms with van der Waals surface area (Å²) in [6, 6.07) is 1.34. The van der Waals surface area contributed by atoms with Gasteiger partial charge in [-0.15, -0.1) is 0 Å². The van der Waals surface area contributed by atoms with Gasteiger partial charge in [-0.05, 0) is 188 Å². The zero-order chi connectivity index (χ0) is 46.6. The van der Waals surface area contributed by atoms with Gasteiger partial charge in [0.2, 0.25) is 17.7 Å². The van der Waals surface area contributed by atoms with Crippen LogP contribution in [0.15, 0.2) is 0 Å². The Kier molecular flexibility index (Phi) is 9.41. The van der Waals surface area contributed by atoms with Crippen LogP contribution >= 0.6 is 0 Å². The van der Waals surface area contributed by atoms with Crippen LogP contribution in [-0.2, 0) is 14.4 Å². The highest BCUT2D eigenvalue weighted by atomic mass is 16.3. The summed E-state index contributed by atoms with van der Waals surface area (Å²) >= 11 is 0. The SMILES string of the molecule is N#C[C@@H]1C[C@@H]2CC2N1C(=O)[C@@H](N)C12CC3CC(O)(CC(O)(C3)C1)C2.N[C@H](C(=O)N1CC[C@@H]2CC21)C12CC3CC(CC(O)(C3)C1)C2.N[C@H](C(=O)N1CC[C@@H]2CC21)C12CC3CC(O)(CC(O)(C3)C1)C2. The second kappa shape index (κ2) is 14.2. The Morgan fingerprint density at radius 1 is 0.463 bits per heavy atom. The number of nitriles is 1. The molecule has 15 saturated carbocycles. The molecule has 11 N–H and O–H groups in total. The van der Waals surface area contributed by atoms with Crippen LogP contribution in [0.4, 0.5) is 0 Å². The monoisotopic (exact) mass is 928 g/mol. The van der Waals surface area contributed by atoms with Gasteiger partial charge in [-0.1, -0.05) is 0 Å². The lowest BCUT2D eigenvalue weighted by molar-refractivity contribution is -0.235. The van der Waals surface area contributed by atoms with Crippen molar-refractivity contribution in [1.29, 1.82) is 5.26 Å². The van der Waals surface area contributed by atoms with E-state index < -0.39 is 50.9 Å². The van der Waals surface area contributed by atoms with Gasteiger partial charge in [0.25, 0.3) is 0 Å². The summed E-state index contributed by atoms with van der Waals surface area (Å²) in [4.78, 5) is 44.8. The molecular formula is C52H77N7O8. The largest absolute Gasteiger partial charge is 0.390 e. The minimum Gasteiger partial charge on any atom is -0.390 e. The number of carbonyl (C=O) groups excluding carboxylic acids is 3. The molecule has 3 amide bonds. The van der Waals surface area contributed by atoms with Gasteiger partial charge in [-0.3, -0.25) is 14.4 Å². The molecule has 0 aromatic rings. The summed E-state index contributed by atoms with van der Waals surface area (Å²) in [6.45, 7) is 1.75. The molecule has 0 radical (unpaired) electrons. The van der Waals surface area contributed by atoms with E-state index in [9.17, 15) is 45.2 Å². The van der Waals surface area contributed by atoms with Crippen LogP contribution in [-0.4, -0.2) is 141 Å². The number of amides is 3. The second-order valence-corrected chi connectivity index (χ2v) is 27.6. The Labute approximate surface area is 394 Å². The highest BCUT2D eigenvalue weighted by Gasteiger charge is 2.69. The maximum atomic E-state index is 13.2. The minimum absolute atomic E-state index is 0.0687. The van der Waals surface area contributed by atoms with E-state index in [1.807, 2.05) is 4.90 Å². The van der Waals surface area contributed by atoms with E-state index >= 15 is 0 Å². The maximum Gasteiger partial charge on any atom is 0.241 e. The van der Waals surface area contributed by atoms with Crippen molar-refractivity contribution in [1.82, 2.24) is 14.7 Å². The molecule has 368 valence electrons. The summed E-state index contributed by atoms with van der Waals surface area (Å²) in [6.07, 6.45) is 20.2. The molecule has 15 nitrogen and oxygen atoms in total. The van der Waals surface area contributed by atoms with E-state index in [1.165, 1.54) is 19.3 Å². The fourth-order valence-corrected chi connectivity index (χ4v) is 20.7. The molecule has 16 atom stereocenters. The van der Waals surface area contributed by atoms with Crippen LogP contribution in [0.3, 0.4) is 0 Å². The van der Waals surface area contributed by atoms with E-state index in [0.29, 0.717) is 93.0 Å². The maximum absolute atomic E-state index is 13.2. The van der Waals surface area contributed by atoms with Crippen LogP contribution in [0, 0.1) is 69.0 Å². The highest BCUT2D eigenvalue weighted by Crippen LogP contribution is 2.67. The van der Waals surface area contributed by atoms with Gasteiger partial charge in [0.05, 0.1) is 52.2 Å². The third-order valence-electron chi connectivity index (χ3n) is 22.1. The normalized spacial score (nSPS) is 55.3. The van der Waals surface area contributed by atoms with Gasteiger partial charge < -0.3 is 57.4 Å². The third kappa shape index (κ3) is 7.00. The fourth-order valence-electron chi connectivity index (χ4n) is 20.7.